The third-order valence-corrected chi connectivity index (χ3v) is 4.67. The largest absolute Gasteiger partial charge is 0.387 e. The molecule has 0 fully saturated rings. The van der Waals surface area contributed by atoms with E-state index in [0.29, 0.717) is 0 Å². The van der Waals surface area contributed by atoms with Gasteiger partial charge in [-0.15, -0.1) is 0 Å². The Kier molecular flexibility index (Phi) is 4.71. The molecule has 25 heavy (non-hydrogen) atoms. The van der Waals surface area contributed by atoms with Crippen LogP contribution in [0, 0.1) is 11.6 Å². The molecule has 1 heterocycles. The summed E-state index contributed by atoms with van der Waals surface area (Å²) in [5.41, 5.74) is -2.12. The lowest BCUT2D eigenvalue weighted by molar-refractivity contribution is -0.135. The molecule has 0 saturated heterocycles. The van der Waals surface area contributed by atoms with E-state index >= 15 is 4.39 Å². The molecule has 8 heteroatoms. The van der Waals surface area contributed by atoms with Crippen molar-refractivity contribution in [2.75, 3.05) is 0 Å². The molecule has 1 amide bonds. The van der Waals surface area contributed by atoms with Crippen LogP contribution in [0.3, 0.4) is 0 Å². The van der Waals surface area contributed by atoms with Crippen LogP contribution >= 0.6 is 11.6 Å². The number of halogens is 4. The SMILES string of the molecule is O=C(NCc1ccc(F)c(F)c1Cl)C1(F)CCC(O)c2ncccc21. The summed E-state index contributed by atoms with van der Waals surface area (Å²) >= 11 is 5.70. The van der Waals surface area contributed by atoms with E-state index in [1.807, 2.05) is 0 Å². The highest BCUT2D eigenvalue weighted by Crippen LogP contribution is 2.42. The zero-order chi connectivity index (χ0) is 18.2. The Morgan fingerprint density at radius 2 is 2.16 bits per heavy atom. The summed E-state index contributed by atoms with van der Waals surface area (Å²) in [7, 11) is 0. The maximum atomic E-state index is 15.3. The first-order valence-electron chi connectivity index (χ1n) is 7.57. The van der Waals surface area contributed by atoms with Gasteiger partial charge in [0.15, 0.2) is 11.6 Å². The number of hydrogen-bond acceptors (Lipinski definition) is 3. The molecule has 2 N–H and O–H groups in total. The second kappa shape index (κ2) is 6.65. The van der Waals surface area contributed by atoms with Crippen molar-refractivity contribution in [1.29, 1.82) is 0 Å². The number of alkyl halides is 1. The smallest absolute Gasteiger partial charge is 0.262 e. The van der Waals surface area contributed by atoms with Gasteiger partial charge < -0.3 is 10.4 Å². The number of fused-ring (bicyclic) bond motifs is 1. The number of nitrogens with zero attached hydrogens (tertiary/aromatic N) is 1. The molecule has 0 radical (unpaired) electrons. The third-order valence-electron chi connectivity index (χ3n) is 4.26. The number of carbonyl (C=O) groups excluding carboxylic acids is 1. The van der Waals surface area contributed by atoms with Crippen molar-refractivity contribution in [2.24, 2.45) is 0 Å². The summed E-state index contributed by atoms with van der Waals surface area (Å²) in [5.74, 6) is -3.28. The molecule has 0 aliphatic heterocycles. The second-order valence-corrected chi connectivity index (χ2v) is 6.19. The zero-order valence-corrected chi connectivity index (χ0v) is 13.7. The lowest BCUT2D eigenvalue weighted by atomic mass is 9.81. The fourth-order valence-corrected chi connectivity index (χ4v) is 3.10. The lowest BCUT2D eigenvalue weighted by Gasteiger charge is -2.32. The first-order chi connectivity index (χ1) is 11.8. The molecule has 0 bridgehead atoms. The van der Waals surface area contributed by atoms with Crippen LogP contribution in [-0.4, -0.2) is 16.0 Å². The minimum Gasteiger partial charge on any atom is -0.387 e. The third kappa shape index (κ3) is 3.09. The average Bonchev–Trinajstić information content (AvgIpc) is 2.62. The van der Waals surface area contributed by atoms with E-state index in [1.54, 1.807) is 0 Å². The van der Waals surface area contributed by atoms with Crippen LogP contribution in [0.1, 0.15) is 35.8 Å². The molecule has 0 saturated carbocycles. The van der Waals surface area contributed by atoms with Crippen LogP contribution in [0.4, 0.5) is 13.2 Å². The van der Waals surface area contributed by atoms with Crippen LogP contribution in [0.15, 0.2) is 30.5 Å². The number of aliphatic hydroxyl groups is 1. The van der Waals surface area contributed by atoms with E-state index in [9.17, 15) is 18.7 Å². The number of pyridine rings is 1. The summed E-state index contributed by atoms with van der Waals surface area (Å²) in [6.07, 6.45) is 0.296. The van der Waals surface area contributed by atoms with E-state index in [-0.39, 0.29) is 36.2 Å². The average molecular weight is 371 g/mol. The Bertz CT molecular complexity index is 834. The number of nitrogens with one attached hydrogen (secondary N) is 1. The highest BCUT2D eigenvalue weighted by atomic mass is 35.5. The normalized spacial score (nSPS) is 22.4. The number of carbonyl (C=O) groups is 1. The van der Waals surface area contributed by atoms with Gasteiger partial charge in [0.05, 0.1) is 16.8 Å². The van der Waals surface area contributed by atoms with Crippen molar-refractivity contribution < 1.29 is 23.1 Å². The van der Waals surface area contributed by atoms with Gasteiger partial charge in [-0.2, -0.15) is 0 Å². The zero-order valence-electron chi connectivity index (χ0n) is 12.9. The van der Waals surface area contributed by atoms with Crippen LogP contribution in [0.25, 0.3) is 0 Å². The van der Waals surface area contributed by atoms with E-state index in [0.717, 1.165) is 6.07 Å². The molecule has 0 spiro atoms. The molecule has 1 aromatic carbocycles. The van der Waals surface area contributed by atoms with Crippen molar-refractivity contribution >= 4 is 17.5 Å². The summed E-state index contributed by atoms with van der Waals surface area (Å²) < 4.78 is 41.9. The highest BCUT2D eigenvalue weighted by Gasteiger charge is 2.46. The number of rotatable bonds is 3. The number of benzene rings is 1. The second-order valence-electron chi connectivity index (χ2n) is 5.81. The number of aromatic nitrogens is 1. The van der Waals surface area contributed by atoms with Gasteiger partial charge in [0.25, 0.3) is 5.91 Å². The molecule has 4 nitrogen and oxygen atoms in total. The van der Waals surface area contributed by atoms with Gasteiger partial charge in [-0.25, -0.2) is 13.2 Å². The summed E-state index contributed by atoms with van der Waals surface area (Å²) in [5, 5.41) is 11.8. The predicted octanol–water partition coefficient (Wildman–Crippen LogP) is 3.32. The van der Waals surface area contributed by atoms with Crippen LogP contribution in [0.2, 0.25) is 5.02 Å². The quantitative estimate of drug-likeness (QED) is 0.815. The highest BCUT2D eigenvalue weighted by molar-refractivity contribution is 6.31. The lowest BCUT2D eigenvalue weighted by Crippen LogP contribution is -2.44. The van der Waals surface area contributed by atoms with Gasteiger partial charge >= 0.3 is 0 Å². The Labute approximate surface area is 146 Å². The maximum Gasteiger partial charge on any atom is 0.262 e. The van der Waals surface area contributed by atoms with Crippen molar-refractivity contribution in [3.05, 3.63) is 63.9 Å². The van der Waals surface area contributed by atoms with Crippen LogP contribution < -0.4 is 5.32 Å². The van der Waals surface area contributed by atoms with Crippen LogP contribution in [0.5, 0.6) is 0 Å². The number of hydrogen-bond donors (Lipinski definition) is 2. The maximum absolute atomic E-state index is 15.3. The topological polar surface area (TPSA) is 62.2 Å². The standard InChI is InChI=1S/C17H14ClF3N2O2/c18-13-9(3-4-11(19)14(13)20)8-23-16(25)17(21)6-5-12(24)15-10(17)2-1-7-22-15/h1-4,7,12,24H,5-6,8H2,(H,23,25). The molecular formula is C17H14ClF3N2O2. The Morgan fingerprint density at radius 3 is 2.92 bits per heavy atom. The summed E-state index contributed by atoms with van der Waals surface area (Å²) in [6.45, 7) is -0.265. The van der Waals surface area contributed by atoms with Crippen molar-refractivity contribution in [1.82, 2.24) is 10.3 Å². The Hall–Kier alpha value is -2.12. The minimum atomic E-state index is -2.37. The minimum absolute atomic E-state index is 0.00244. The first kappa shape index (κ1) is 17.7. The van der Waals surface area contributed by atoms with Gasteiger partial charge in [0, 0.05) is 18.3 Å². The number of amides is 1. The Morgan fingerprint density at radius 1 is 1.40 bits per heavy atom. The molecule has 2 atom stereocenters. The van der Waals surface area contributed by atoms with E-state index in [4.69, 9.17) is 11.6 Å². The fraction of sp³-hybridized carbons (Fsp3) is 0.294. The molecule has 1 aromatic heterocycles. The predicted molar refractivity (Wildman–Crippen MR) is 84.4 cm³/mol. The van der Waals surface area contributed by atoms with Crippen molar-refractivity contribution in [3.63, 3.8) is 0 Å². The number of aliphatic hydroxyl groups excluding tert-OH is 1. The van der Waals surface area contributed by atoms with Gasteiger partial charge in [0.1, 0.15) is 0 Å². The van der Waals surface area contributed by atoms with E-state index in [2.05, 4.69) is 10.3 Å². The Balaban J connectivity index is 1.82. The van der Waals surface area contributed by atoms with Crippen LogP contribution in [-0.2, 0) is 17.0 Å². The van der Waals surface area contributed by atoms with Gasteiger partial charge in [-0.1, -0.05) is 23.7 Å². The van der Waals surface area contributed by atoms with Gasteiger partial charge in [-0.3, -0.25) is 9.78 Å². The monoisotopic (exact) mass is 370 g/mol. The fourth-order valence-electron chi connectivity index (χ4n) is 2.88. The first-order valence-corrected chi connectivity index (χ1v) is 7.95. The van der Waals surface area contributed by atoms with Crippen molar-refractivity contribution in [2.45, 2.75) is 31.2 Å². The van der Waals surface area contributed by atoms with Crippen molar-refractivity contribution in [3.8, 4) is 0 Å². The molecule has 3 rings (SSSR count). The van der Waals surface area contributed by atoms with E-state index < -0.39 is 34.3 Å². The summed E-state index contributed by atoms with van der Waals surface area (Å²) in [6, 6.07) is 4.97. The molecular weight excluding hydrogens is 357 g/mol. The molecule has 2 unspecified atom stereocenters. The molecule has 1 aliphatic rings. The van der Waals surface area contributed by atoms with E-state index in [1.165, 1.54) is 24.4 Å². The molecule has 2 aromatic rings. The molecule has 1 aliphatic carbocycles. The molecule has 132 valence electrons. The van der Waals surface area contributed by atoms with Gasteiger partial charge in [-0.05, 0) is 30.5 Å². The van der Waals surface area contributed by atoms with Gasteiger partial charge in [0.2, 0.25) is 5.67 Å². The summed E-state index contributed by atoms with van der Waals surface area (Å²) in [4.78, 5) is 16.4.